The van der Waals surface area contributed by atoms with Crippen molar-refractivity contribution in [3.8, 4) is 17.2 Å². The van der Waals surface area contributed by atoms with Gasteiger partial charge >= 0.3 is 0 Å². The summed E-state index contributed by atoms with van der Waals surface area (Å²) in [4.78, 5) is 13.2. The number of halogens is 1. The zero-order valence-corrected chi connectivity index (χ0v) is 25.2. The summed E-state index contributed by atoms with van der Waals surface area (Å²) in [6, 6.07) is 22.3. The lowest BCUT2D eigenvalue weighted by Gasteiger charge is -2.34. The number of carbonyl (C=O) groups excluding carboxylic acids is 1. The van der Waals surface area contributed by atoms with Crippen LogP contribution in [0.4, 0.5) is 17.1 Å². The Balaban J connectivity index is 1.33. The van der Waals surface area contributed by atoms with Crippen molar-refractivity contribution in [2.75, 3.05) is 35.1 Å². The van der Waals surface area contributed by atoms with Gasteiger partial charge in [0.1, 0.15) is 17.2 Å². The summed E-state index contributed by atoms with van der Waals surface area (Å²) < 4.78 is 73.0. The first kappa shape index (κ1) is 30.0. The van der Waals surface area contributed by atoms with Crippen LogP contribution in [0.15, 0.2) is 101 Å². The average molecular weight is 644 g/mol. The van der Waals surface area contributed by atoms with Gasteiger partial charge in [0.05, 0.1) is 41.9 Å². The van der Waals surface area contributed by atoms with Gasteiger partial charge in [-0.15, -0.1) is 0 Å². The van der Waals surface area contributed by atoms with E-state index in [2.05, 4.69) is 10.0 Å². The van der Waals surface area contributed by atoms with E-state index >= 15 is 0 Å². The number of rotatable bonds is 9. The molecule has 1 aliphatic rings. The lowest BCUT2D eigenvalue weighted by molar-refractivity contribution is -0.122. The van der Waals surface area contributed by atoms with Crippen molar-refractivity contribution in [3.05, 3.63) is 96.0 Å². The molecule has 2 N–H and O–H groups in total. The second-order valence-electron chi connectivity index (χ2n) is 9.25. The molecule has 0 saturated carbocycles. The largest absolute Gasteiger partial charge is 0.497 e. The van der Waals surface area contributed by atoms with Crippen LogP contribution in [0.5, 0.6) is 17.2 Å². The van der Waals surface area contributed by atoms with E-state index in [1.54, 1.807) is 36.4 Å². The highest BCUT2D eigenvalue weighted by molar-refractivity contribution is 7.93. The quantitative estimate of drug-likeness (QED) is 0.266. The second-order valence-corrected chi connectivity index (χ2v) is 13.2. The molecular formula is C29H26ClN3O8S2. The number of fused-ring (bicyclic) bond motifs is 1. The Labute approximate surface area is 254 Å². The minimum Gasteiger partial charge on any atom is -0.497 e. The SMILES string of the molecule is COc1ccc(NS(=O)(=O)c2ccc(NC(=O)C3CN(S(=O)(=O)c4ccc(Cl)cc4)c4ccccc4O3)cc2)c(OC)c1. The summed E-state index contributed by atoms with van der Waals surface area (Å²) >= 11 is 5.94. The van der Waals surface area contributed by atoms with Crippen molar-refractivity contribution in [1.29, 1.82) is 0 Å². The van der Waals surface area contributed by atoms with Gasteiger partial charge in [0, 0.05) is 16.8 Å². The highest BCUT2D eigenvalue weighted by Crippen LogP contribution is 2.37. The zero-order chi connectivity index (χ0) is 30.8. The molecule has 1 heterocycles. The van der Waals surface area contributed by atoms with Gasteiger partial charge in [-0.25, -0.2) is 16.8 Å². The lowest BCUT2D eigenvalue weighted by Crippen LogP contribution is -2.48. The molecule has 0 radical (unpaired) electrons. The number of sulfonamides is 2. The molecular weight excluding hydrogens is 618 g/mol. The van der Waals surface area contributed by atoms with Crippen molar-refractivity contribution < 1.29 is 35.8 Å². The molecule has 0 aliphatic carbocycles. The molecule has 4 aromatic rings. The fourth-order valence-corrected chi connectivity index (χ4v) is 7.00. The van der Waals surface area contributed by atoms with Crippen LogP contribution in [0.25, 0.3) is 0 Å². The number of para-hydroxylation sites is 2. The summed E-state index contributed by atoms with van der Waals surface area (Å²) in [7, 11) is -5.18. The van der Waals surface area contributed by atoms with Gasteiger partial charge in [-0.05, 0) is 72.8 Å². The number of methoxy groups -OCH3 is 2. The predicted octanol–water partition coefficient (Wildman–Crippen LogP) is 4.75. The van der Waals surface area contributed by atoms with Gasteiger partial charge < -0.3 is 19.5 Å². The van der Waals surface area contributed by atoms with Gasteiger partial charge in [0.2, 0.25) is 0 Å². The van der Waals surface area contributed by atoms with Crippen LogP contribution in [0.1, 0.15) is 0 Å². The molecule has 0 spiro atoms. The molecule has 1 atom stereocenters. The van der Waals surface area contributed by atoms with E-state index in [1.165, 1.54) is 68.8 Å². The summed E-state index contributed by atoms with van der Waals surface area (Å²) in [5, 5.41) is 3.05. The third-order valence-corrected chi connectivity index (χ3v) is 9.94. The van der Waals surface area contributed by atoms with Crippen LogP contribution < -0.4 is 28.6 Å². The Bertz CT molecular complexity index is 1870. The normalized spacial score (nSPS) is 14.7. The maximum absolute atomic E-state index is 13.5. The maximum Gasteiger partial charge on any atom is 0.267 e. The fourth-order valence-electron chi connectivity index (χ4n) is 4.33. The van der Waals surface area contributed by atoms with Crippen LogP contribution >= 0.6 is 11.6 Å². The predicted molar refractivity (Wildman–Crippen MR) is 162 cm³/mol. The number of hydrogen-bond acceptors (Lipinski definition) is 8. The first-order valence-electron chi connectivity index (χ1n) is 12.7. The van der Waals surface area contributed by atoms with E-state index < -0.39 is 32.1 Å². The highest BCUT2D eigenvalue weighted by Gasteiger charge is 2.37. The lowest BCUT2D eigenvalue weighted by atomic mass is 10.2. The summed E-state index contributed by atoms with van der Waals surface area (Å²) in [6.07, 6.45) is -1.20. The molecule has 1 aliphatic heterocycles. The monoisotopic (exact) mass is 643 g/mol. The van der Waals surface area contributed by atoms with Crippen LogP contribution in [-0.4, -0.2) is 49.6 Å². The molecule has 43 heavy (non-hydrogen) atoms. The molecule has 14 heteroatoms. The zero-order valence-electron chi connectivity index (χ0n) is 22.9. The highest BCUT2D eigenvalue weighted by atomic mass is 35.5. The molecule has 4 aromatic carbocycles. The number of hydrogen-bond donors (Lipinski definition) is 2. The van der Waals surface area contributed by atoms with Gasteiger partial charge in [0.25, 0.3) is 26.0 Å². The standard InChI is InChI=1S/C29H26ClN3O8S2/c1-39-21-11-16-24(27(17-21)40-2)32-42(35,36)22-14-9-20(10-15-22)31-29(34)28-18-33(25-5-3-4-6-26(25)41-28)43(37,38)23-12-7-19(30)8-13-23/h3-17,28,32H,18H2,1-2H3,(H,31,34). The van der Waals surface area contributed by atoms with Crippen LogP contribution in [0, 0.1) is 0 Å². The van der Waals surface area contributed by atoms with E-state index in [0.29, 0.717) is 10.8 Å². The van der Waals surface area contributed by atoms with Crippen molar-refractivity contribution >= 4 is 54.6 Å². The van der Waals surface area contributed by atoms with Crippen molar-refractivity contribution in [2.24, 2.45) is 0 Å². The van der Waals surface area contributed by atoms with E-state index in [9.17, 15) is 21.6 Å². The van der Waals surface area contributed by atoms with Crippen molar-refractivity contribution in [3.63, 3.8) is 0 Å². The number of amides is 1. The molecule has 0 saturated heterocycles. The molecule has 0 aromatic heterocycles. The number of ether oxygens (including phenoxy) is 3. The third kappa shape index (κ3) is 6.33. The van der Waals surface area contributed by atoms with E-state index in [-0.39, 0.29) is 44.9 Å². The van der Waals surface area contributed by atoms with Crippen molar-refractivity contribution in [2.45, 2.75) is 15.9 Å². The maximum atomic E-state index is 13.5. The Morgan fingerprint density at radius 1 is 0.884 bits per heavy atom. The smallest absolute Gasteiger partial charge is 0.267 e. The number of benzene rings is 4. The number of nitrogens with zero attached hydrogens (tertiary/aromatic N) is 1. The van der Waals surface area contributed by atoms with Gasteiger partial charge in [-0.2, -0.15) is 0 Å². The number of nitrogens with one attached hydrogen (secondary N) is 2. The van der Waals surface area contributed by atoms with Crippen molar-refractivity contribution in [1.82, 2.24) is 0 Å². The van der Waals surface area contributed by atoms with Crippen LogP contribution in [-0.2, 0) is 24.8 Å². The fraction of sp³-hybridized carbons (Fsp3) is 0.138. The molecule has 1 amide bonds. The average Bonchev–Trinajstić information content (AvgIpc) is 3.01. The van der Waals surface area contributed by atoms with Crippen LogP contribution in [0.2, 0.25) is 5.02 Å². The molecule has 0 fully saturated rings. The number of carbonyl (C=O) groups is 1. The topological polar surface area (TPSA) is 140 Å². The first-order chi connectivity index (χ1) is 20.5. The van der Waals surface area contributed by atoms with Gasteiger partial charge in [-0.3, -0.25) is 13.8 Å². The van der Waals surface area contributed by atoms with Crippen LogP contribution in [0.3, 0.4) is 0 Å². The van der Waals surface area contributed by atoms with Gasteiger partial charge in [-0.1, -0.05) is 23.7 Å². The van der Waals surface area contributed by atoms with Gasteiger partial charge in [0.15, 0.2) is 6.10 Å². The Morgan fingerprint density at radius 2 is 1.56 bits per heavy atom. The molecule has 1 unspecified atom stereocenters. The third-order valence-electron chi connectivity index (χ3n) is 6.51. The minimum absolute atomic E-state index is 0.00503. The Morgan fingerprint density at radius 3 is 2.23 bits per heavy atom. The Kier molecular flexibility index (Phi) is 8.40. The number of anilines is 3. The first-order valence-corrected chi connectivity index (χ1v) is 16.0. The summed E-state index contributed by atoms with van der Waals surface area (Å²) in [5.41, 5.74) is 0.783. The summed E-state index contributed by atoms with van der Waals surface area (Å²) in [6.45, 7) is -0.298. The molecule has 0 bridgehead atoms. The minimum atomic E-state index is -4.06. The Hall–Kier alpha value is -4.46. The molecule has 5 rings (SSSR count). The van der Waals surface area contributed by atoms with E-state index in [1.807, 2.05) is 0 Å². The van der Waals surface area contributed by atoms with E-state index in [4.69, 9.17) is 25.8 Å². The van der Waals surface area contributed by atoms with E-state index in [0.717, 1.165) is 4.31 Å². The molecule has 11 nitrogen and oxygen atoms in total. The second kappa shape index (κ2) is 12.0. The summed E-state index contributed by atoms with van der Waals surface area (Å²) in [5.74, 6) is 0.361. The molecule has 224 valence electrons.